The molecule has 0 radical (unpaired) electrons. The number of methoxy groups -OCH3 is 1. The molecule has 2 N–H and O–H groups in total. The number of hydrogen-bond acceptors (Lipinski definition) is 4. The van der Waals surface area contributed by atoms with E-state index in [1.54, 1.807) is 12.1 Å². The first-order valence-electron chi connectivity index (χ1n) is 11.5. The Hall–Kier alpha value is -3.44. The van der Waals surface area contributed by atoms with Crippen LogP contribution in [0.5, 0.6) is 0 Å². The smallest absolute Gasteiger partial charge is 0.337 e. The van der Waals surface area contributed by atoms with E-state index in [-0.39, 0.29) is 11.9 Å². The Kier molecular flexibility index (Phi) is 9.67. The van der Waals surface area contributed by atoms with Crippen molar-refractivity contribution in [2.24, 2.45) is 0 Å². The maximum Gasteiger partial charge on any atom is 0.337 e. The number of esters is 1. The number of rotatable bonds is 12. The molecular weight excluding hydrogens is 412 g/mol. The summed E-state index contributed by atoms with van der Waals surface area (Å²) in [4.78, 5) is 24.2. The molecule has 0 heterocycles. The van der Waals surface area contributed by atoms with Crippen molar-refractivity contribution in [2.45, 2.75) is 32.2 Å². The first-order chi connectivity index (χ1) is 16.2. The quantitative estimate of drug-likeness (QED) is 0.318. The molecule has 0 aliphatic carbocycles. The predicted octanol–water partition coefficient (Wildman–Crippen LogP) is 4.56. The van der Waals surface area contributed by atoms with E-state index >= 15 is 0 Å². The van der Waals surface area contributed by atoms with Gasteiger partial charge >= 0.3 is 5.97 Å². The molecular formula is C28H32N2O3. The van der Waals surface area contributed by atoms with E-state index in [0.29, 0.717) is 18.7 Å². The SMILES string of the molecule is COC(=O)c1ccc(CCNCc2ccccc2C(=O)NCCCCc2ccccc2)cc1. The number of aryl methyl sites for hydroxylation is 1. The fraction of sp³-hybridized carbons (Fsp3) is 0.286. The lowest BCUT2D eigenvalue weighted by atomic mass is 10.1. The summed E-state index contributed by atoms with van der Waals surface area (Å²) in [5.74, 6) is -0.351. The zero-order valence-corrected chi connectivity index (χ0v) is 19.2. The largest absolute Gasteiger partial charge is 0.465 e. The molecule has 3 aromatic rings. The molecule has 3 rings (SSSR count). The van der Waals surface area contributed by atoms with Gasteiger partial charge in [-0.05, 0) is 67.1 Å². The molecule has 33 heavy (non-hydrogen) atoms. The third-order valence-corrected chi connectivity index (χ3v) is 5.56. The minimum atomic E-state index is -0.328. The van der Waals surface area contributed by atoms with E-state index in [9.17, 15) is 9.59 Å². The molecule has 172 valence electrons. The molecule has 1 amide bonds. The van der Waals surface area contributed by atoms with E-state index in [4.69, 9.17) is 4.74 Å². The average molecular weight is 445 g/mol. The zero-order chi connectivity index (χ0) is 23.3. The van der Waals surface area contributed by atoms with E-state index in [1.807, 2.05) is 42.5 Å². The Bertz CT molecular complexity index is 1020. The Morgan fingerprint density at radius 3 is 2.21 bits per heavy atom. The fourth-order valence-corrected chi connectivity index (χ4v) is 3.67. The molecule has 0 saturated heterocycles. The van der Waals surface area contributed by atoms with Crippen LogP contribution in [0.2, 0.25) is 0 Å². The third-order valence-electron chi connectivity index (χ3n) is 5.56. The van der Waals surface area contributed by atoms with Gasteiger partial charge in [0.05, 0.1) is 12.7 Å². The van der Waals surface area contributed by atoms with Gasteiger partial charge in [0.1, 0.15) is 0 Å². The van der Waals surface area contributed by atoms with Crippen LogP contribution >= 0.6 is 0 Å². The van der Waals surface area contributed by atoms with Gasteiger partial charge in [0, 0.05) is 18.7 Å². The second-order valence-electron chi connectivity index (χ2n) is 7.97. The molecule has 0 fully saturated rings. The van der Waals surface area contributed by atoms with Gasteiger partial charge in [-0.1, -0.05) is 60.7 Å². The number of nitrogens with one attached hydrogen (secondary N) is 2. The minimum Gasteiger partial charge on any atom is -0.465 e. The molecule has 0 aromatic heterocycles. The highest BCUT2D eigenvalue weighted by Crippen LogP contribution is 2.10. The van der Waals surface area contributed by atoms with Crippen molar-refractivity contribution in [3.63, 3.8) is 0 Å². The Morgan fingerprint density at radius 1 is 0.758 bits per heavy atom. The summed E-state index contributed by atoms with van der Waals surface area (Å²) < 4.78 is 4.73. The van der Waals surface area contributed by atoms with Crippen LogP contribution in [0.25, 0.3) is 0 Å². The van der Waals surface area contributed by atoms with Crippen molar-refractivity contribution in [3.8, 4) is 0 Å². The number of carbonyl (C=O) groups excluding carboxylic acids is 2. The molecule has 0 aliphatic heterocycles. The van der Waals surface area contributed by atoms with Crippen LogP contribution in [0.4, 0.5) is 0 Å². The summed E-state index contributed by atoms with van der Waals surface area (Å²) in [5.41, 5.74) is 4.72. The number of benzene rings is 3. The van der Waals surface area contributed by atoms with E-state index in [1.165, 1.54) is 12.7 Å². The van der Waals surface area contributed by atoms with Crippen molar-refractivity contribution in [1.82, 2.24) is 10.6 Å². The molecule has 0 saturated carbocycles. The standard InChI is InChI=1S/C28H32N2O3/c1-33-28(32)24-16-14-23(15-17-24)18-20-29-21-25-12-5-6-13-26(25)27(31)30-19-8-7-11-22-9-3-2-4-10-22/h2-6,9-10,12-17,29H,7-8,11,18-21H2,1H3,(H,30,31). The van der Waals surface area contributed by atoms with Gasteiger partial charge in [-0.3, -0.25) is 4.79 Å². The van der Waals surface area contributed by atoms with Gasteiger partial charge in [-0.2, -0.15) is 0 Å². The molecule has 0 aliphatic rings. The van der Waals surface area contributed by atoms with Gasteiger partial charge < -0.3 is 15.4 Å². The normalized spacial score (nSPS) is 10.6. The first kappa shape index (κ1) is 24.2. The number of ether oxygens (including phenoxy) is 1. The summed E-state index contributed by atoms with van der Waals surface area (Å²) in [7, 11) is 1.38. The van der Waals surface area contributed by atoms with Gasteiger partial charge in [0.2, 0.25) is 0 Å². The topological polar surface area (TPSA) is 67.4 Å². The van der Waals surface area contributed by atoms with Crippen molar-refractivity contribution in [3.05, 3.63) is 107 Å². The fourth-order valence-electron chi connectivity index (χ4n) is 3.67. The third kappa shape index (κ3) is 7.88. The highest BCUT2D eigenvalue weighted by atomic mass is 16.5. The van der Waals surface area contributed by atoms with Crippen molar-refractivity contribution >= 4 is 11.9 Å². The van der Waals surface area contributed by atoms with Crippen LogP contribution in [-0.2, 0) is 24.1 Å². The van der Waals surface area contributed by atoms with Crippen LogP contribution < -0.4 is 10.6 Å². The van der Waals surface area contributed by atoms with E-state index < -0.39 is 0 Å². The number of hydrogen-bond donors (Lipinski definition) is 2. The molecule has 5 heteroatoms. The minimum absolute atomic E-state index is 0.0227. The first-order valence-corrected chi connectivity index (χ1v) is 11.5. The maximum absolute atomic E-state index is 12.7. The Balaban J connectivity index is 1.40. The van der Waals surface area contributed by atoms with Gasteiger partial charge in [0.25, 0.3) is 5.91 Å². The van der Waals surface area contributed by atoms with Gasteiger partial charge in [0.15, 0.2) is 0 Å². The monoisotopic (exact) mass is 444 g/mol. The zero-order valence-electron chi connectivity index (χ0n) is 19.2. The lowest BCUT2D eigenvalue weighted by Crippen LogP contribution is -2.27. The molecule has 0 spiro atoms. The number of carbonyl (C=O) groups is 2. The Labute approximate surface area is 196 Å². The van der Waals surface area contributed by atoms with Crippen molar-refractivity contribution in [1.29, 1.82) is 0 Å². The Morgan fingerprint density at radius 2 is 1.45 bits per heavy atom. The lowest BCUT2D eigenvalue weighted by molar-refractivity contribution is 0.0600. The highest BCUT2D eigenvalue weighted by molar-refractivity contribution is 5.95. The summed E-state index contributed by atoms with van der Waals surface area (Å²) in [5, 5.41) is 6.47. The second-order valence-corrected chi connectivity index (χ2v) is 7.97. The van der Waals surface area contributed by atoms with Crippen LogP contribution in [-0.4, -0.2) is 32.1 Å². The average Bonchev–Trinajstić information content (AvgIpc) is 2.87. The second kappa shape index (κ2) is 13.2. The number of amides is 1. The van der Waals surface area contributed by atoms with Gasteiger partial charge in [-0.15, -0.1) is 0 Å². The predicted molar refractivity (Wildman–Crippen MR) is 131 cm³/mol. The maximum atomic E-state index is 12.7. The highest BCUT2D eigenvalue weighted by Gasteiger charge is 2.10. The molecule has 0 bridgehead atoms. The van der Waals surface area contributed by atoms with E-state index in [2.05, 4.69) is 34.9 Å². The van der Waals surface area contributed by atoms with Crippen LogP contribution in [0, 0.1) is 0 Å². The van der Waals surface area contributed by atoms with Gasteiger partial charge in [-0.25, -0.2) is 4.79 Å². The van der Waals surface area contributed by atoms with Crippen LogP contribution in [0.1, 0.15) is 50.2 Å². The summed E-state index contributed by atoms with van der Waals surface area (Å²) in [6.45, 7) is 2.07. The van der Waals surface area contributed by atoms with Crippen molar-refractivity contribution in [2.75, 3.05) is 20.2 Å². The van der Waals surface area contributed by atoms with Crippen LogP contribution in [0.3, 0.4) is 0 Å². The lowest BCUT2D eigenvalue weighted by Gasteiger charge is -2.11. The number of unbranched alkanes of at least 4 members (excludes halogenated alkanes) is 1. The molecule has 3 aromatic carbocycles. The van der Waals surface area contributed by atoms with Crippen LogP contribution in [0.15, 0.2) is 78.9 Å². The summed E-state index contributed by atoms with van der Waals surface area (Å²) in [6.07, 6.45) is 3.86. The van der Waals surface area contributed by atoms with E-state index in [0.717, 1.165) is 48.9 Å². The summed E-state index contributed by atoms with van der Waals surface area (Å²) in [6, 6.07) is 25.6. The summed E-state index contributed by atoms with van der Waals surface area (Å²) >= 11 is 0. The molecule has 5 nitrogen and oxygen atoms in total. The van der Waals surface area contributed by atoms with Crippen molar-refractivity contribution < 1.29 is 14.3 Å². The molecule has 0 atom stereocenters. The molecule has 0 unspecified atom stereocenters.